The van der Waals surface area contributed by atoms with Gasteiger partial charge >= 0.3 is 0 Å². The largest absolute Gasteiger partial charge is 0.368 e. The molecule has 0 spiro atoms. The summed E-state index contributed by atoms with van der Waals surface area (Å²) in [5.41, 5.74) is 5.72. The van der Waals surface area contributed by atoms with Crippen LogP contribution >= 0.6 is 0 Å². The number of fused-ring (bicyclic) bond motifs is 3. The maximum absolute atomic E-state index is 4.61. The lowest BCUT2D eigenvalue weighted by molar-refractivity contribution is 0.648. The Morgan fingerprint density at radius 1 is 0.885 bits per heavy atom. The van der Waals surface area contributed by atoms with Crippen molar-refractivity contribution in [3.8, 4) is 0 Å². The molecule has 4 aromatic rings. The number of hydrogen-bond donors (Lipinski definition) is 1. The monoisotopic (exact) mass is 343 g/mol. The standard InChI is InChI=1S/C21H21N5/c1-15-7-8-17-18(13-15)24-20-19(17)22-14-23-21(20)26-11-9-25(10-12-26)16-5-3-2-4-6-16/h2-8,13-14,24H,9-12H2,1H3. The summed E-state index contributed by atoms with van der Waals surface area (Å²) >= 11 is 0. The molecular weight excluding hydrogens is 322 g/mol. The Morgan fingerprint density at radius 2 is 1.65 bits per heavy atom. The molecule has 0 saturated carbocycles. The van der Waals surface area contributed by atoms with Gasteiger partial charge in [-0.3, -0.25) is 0 Å². The van der Waals surface area contributed by atoms with E-state index in [0.717, 1.165) is 53.9 Å². The van der Waals surface area contributed by atoms with Gasteiger partial charge in [0.15, 0.2) is 5.82 Å². The number of aromatic nitrogens is 3. The molecule has 1 aliphatic rings. The van der Waals surface area contributed by atoms with Crippen LogP contribution in [-0.4, -0.2) is 41.1 Å². The van der Waals surface area contributed by atoms with Crippen molar-refractivity contribution in [2.75, 3.05) is 36.0 Å². The number of anilines is 2. The van der Waals surface area contributed by atoms with E-state index in [0.29, 0.717) is 0 Å². The minimum Gasteiger partial charge on any atom is -0.368 e. The molecule has 130 valence electrons. The zero-order valence-corrected chi connectivity index (χ0v) is 14.8. The van der Waals surface area contributed by atoms with Crippen molar-refractivity contribution in [1.82, 2.24) is 15.0 Å². The van der Waals surface area contributed by atoms with E-state index in [1.807, 2.05) is 0 Å². The number of benzene rings is 2. The molecule has 1 fully saturated rings. The first-order valence-corrected chi connectivity index (χ1v) is 9.07. The van der Waals surface area contributed by atoms with E-state index < -0.39 is 0 Å². The second-order valence-corrected chi connectivity index (χ2v) is 6.90. The van der Waals surface area contributed by atoms with Crippen LogP contribution in [0.3, 0.4) is 0 Å². The maximum Gasteiger partial charge on any atom is 0.156 e. The van der Waals surface area contributed by atoms with E-state index in [-0.39, 0.29) is 0 Å². The van der Waals surface area contributed by atoms with Crippen LogP contribution in [0.2, 0.25) is 0 Å². The molecule has 1 N–H and O–H groups in total. The Morgan fingerprint density at radius 3 is 2.46 bits per heavy atom. The molecule has 1 saturated heterocycles. The van der Waals surface area contributed by atoms with Crippen molar-refractivity contribution in [2.24, 2.45) is 0 Å². The van der Waals surface area contributed by atoms with Crippen LogP contribution in [0.1, 0.15) is 5.56 Å². The number of aromatic amines is 1. The molecule has 0 atom stereocenters. The molecule has 0 bridgehead atoms. The van der Waals surface area contributed by atoms with Gasteiger partial charge < -0.3 is 14.8 Å². The van der Waals surface area contributed by atoms with Gasteiger partial charge in [-0.15, -0.1) is 0 Å². The van der Waals surface area contributed by atoms with Gasteiger partial charge in [0, 0.05) is 42.8 Å². The zero-order chi connectivity index (χ0) is 17.5. The number of nitrogens with one attached hydrogen (secondary N) is 1. The van der Waals surface area contributed by atoms with Crippen LogP contribution in [0.25, 0.3) is 21.9 Å². The van der Waals surface area contributed by atoms with Gasteiger partial charge in [0.05, 0.1) is 0 Å². The van der Waals surface area contributed by atoms with Gasteiger partial charge in [0.25, 0.3) is 0 Å². The first kappa shape index (κ1) is 15.2. The summed E-state index contributed by atoms with van der Waals surface area (Å²) in [7, 11) is 0. The van der Waals surface area contributed by atoms with Crippen LogP contribution < -0.4 is 9.80 Å². The van der Waals surface area contributed by atoms with Crippen LogP contribution in [0.5, 0.6) is 0 Å². The average molecular weight is 343 g/mol. The van der Waals surface area contributed by atoms with Crippen LogP contribution in [0.15, 0.2) is 54.9 Å². The predicted molar refractivity (Wildman–Crippen MR) is 107 cm³/mol. The lowest BCUT2D eigenvalue weighted by Gasteiger charge is -2.36. The Hall–Kier alpha value is -3.08. The molecule has 0 unspecified atom stereocenters. The van der Waals surface area contributed by atoms with Crippen molar-refractivity contribution >= 4 is 33.4 Å². The quantitative estimate of drug-likeness (QED) is 0.602. The van der Waals surface area contributed by atoms with Gasteiger partial charge in [-0.2, -0.15) is 0 Å². The van der Waals surface area contributed by atoms with Crippen molar-refractivity contribution in [3.05, 3.63) is 60.4 Å². The highest BCUT2D eigenvalue weighted by molar-refractivity contribution is 6.08. The molecule has 1 aliphatic heterocycles. The summed E-state index contributed by atoms with van der Waals surface area (Å²) in [5.74, 6) is 1.01. The first-order valence-electron chi connectivity index (χ1n) is 9.07. The topological polar surface area (TPSA) is 48.1 Å². The molecule has 5 heteroatoms. The van der Waals surface area contributed by atoms with Crippen molar-refractivity contribution in [1.29, 1.82) is 0 Å². The van der Waals surface area contributed by atoms with E-state index in [2.05, 4.69) is 80.2 Å². The number of aryl methyl sites for hydroxylation is 1. The first-order chi connectivity index (χ1) is 12.8. The number of piperazine rings is 1. The molecule has 2 aromatic heterocycles. The lowest BCUT2D eigenvalue weighted by Crippen LogP contribution is -2.46. The summed E-state index contributed by atoms with van der Waals surface area (Å²) in [6, 6.07) is 17.1. The van der Waals surface area contributed by atoms with Gasteiger partial charge in [-0.05, 0) is 30.7 Å². The smallest absolute Gasteiger partial charge is 0.156 e. The fourth-order valence-corrected chi connectivity index (χ4v) is 3.85. The number of para-hydroxylation sites is 1. The summed E-state index contributed by atoms with van der Waals surface area (Å²) in [6.07, 6.45) is 1.69. The number of hydrogen-bond acceptors (Lipinski definition) is 4. The Bertz CT molecular complexity index is 1060. The zero-order valence-electron chi connectivity index (χ0n) is 14.8. The molecule has 2 aromatic carbocycles. The van der Waals surface area contributed by atoms with Gasteiger partial charge in [-0.25, -0.2) is 9.97 Å². The summed E-state index contributed by atoms with van der Waals surface area (Å²) < 4.78 is 0. The molecule has 0 radical (unpaired) electrons. The number of nitrogens with zero attached hydrogens (tertiary/aromatic N) is 4. The van der Waals surface area contributed by atoms with Gasteiger partial charge in [0.2, 0.25) is 0 Å². The van der Waals surface area contributed by atoms with Crippen molar-refractivity contribution < 1.29 is 0 Å². The predicted octanol–water partition coefficient (Wildman–Crippen LogP) is 3.75. The molecule has 0 aliphatic carbocycles. The molecule has 5 nitrogen and oxygen atoms in total. The fourth-order valence-electron chi connectivity index (χ4n) is 3.85. The average Bonchev–Trinajstić information content (AvgIpc) is 3.06. The lowest BCUT2D eigenvalue weighted by atomic mass is 10.2. The highest BCUT2D eigenvalue weighted by Gasteiger charge is 2.21. The van der Waals surface area contributed by atoms with E-state index in [1.165, 1.54) is 11.3 Å². The van der Waals surface area contributed by atoms with Gasteiger partial charge in [0.1, 0.15) is 17.4 Å². The third-order valence-corrected chi connectivity index (χ3v) is 5.22. The molecular formula is C21H21N5. The highest BCUT2D eigenvalue weighted by Crippen LogP contribution is 2.30. The van der Waals surface area contributed by atoms with E-state index in [9.17, 15) is 0 Å². The summed E-state index contributed by atoms with van der Waals surface area (Å²) in [4.78, 5) is 17.5. The minimum atomic E-state index is 0.954. The molecule has 3 heterocycles. The summed E-state index contributed by atoms with van der Waals surface area (Å²) in [5, 5.41) is 1.16. The fraction of sp³-hybridized carbons (Fsp3) is 0.238. The maximum atomic E-state index is 4.61. The number of H-pyrrole nitrogens is 1. The second-order valence-electron chi connectivity index (χ2n) is 6.90. The van der Waals surface area contributed by atoms with Crippen molar-refractivity contribution in [3.63, 3.8) is 0 Å². The Labute approximate surface area is 152 Å². The highest BCUT2D eigenvalue weighted by atomic mass is 15.3. The second kappa shape index (κ2) is 6.02. The molecule has 5 rings (SSSR count). The third-order valence-electron chi connectivity index (χ3n) is 5.22. The van der Waals surface area contributed by atoms with E-state index >= 15 is 0 Å². The van der Waals surface area contributed by atoms with Crippen LogP contribution in [0, 0.1) is 6.92 Å². The Balaban J connectivity index is 1.47. The Kier molecular flexibility index (Phi) is 3.52. The van der Waals surface area contributed by atoms with Gasteiger partial charge in [-0.1, -0.05) is 30.3 Å². The number of rotatable bonds is 2. The molecule has 0 amide bonds. The SMILES string of the molecule is Cc1ccc2c(c1)[nH]c1c(N3CCN(c4ccccc4)CC3)ncnc12. The van der Waals surface area contributed by atoms with Crippen molar-refractivity contribution in [2.45, 2.75) is 6.92 Å². The van der Waals surface area contributed by atoms with E-state index in [1.54, 1.807) is 6.33 Å². The van der Waals surface area contributed by atoms with Crippen LogP contribution in [0.4, 0.5) is 11.5 Å². The molecule has 26 heavy (non-hydrogen) atoms. The summed E-state index contributed by atoms with van der Waals surface area (Å²) in [6.45, 7) is 6.01. The minimum absolute atomic E-state index is 0.954. The van der Waals surface area contributed by atoms with Crippen LogP contribution in [-0.2, 0) is 0 Å². The normalized spacial score (nSPS) is 15.1. The van der Waals surface area contributed by atoms with E-state index in [4.69, 9.17) is 0 Å². The third kappa shape index (κ3) is 2.47.